The summed E-state index contributed by atoms with van der Waals surface area (Å²) < 4.78 is 0. The van der Waals surface area contributed by atoms with Gasteiger partial charge in [0.05, 0.1) is 6.04 Å². The molecule has 0 bridgehead atoms. The van der Waals surface area contributed by atoms with E-state index in [1.54, 1.807) is 11.8 Å². The molecule has 3 N–H and O–H groups in total. The molecule has 0 aromatic heterocycles. The van der Waals surface area contributed by atoms with Crippen molar-refractivity contribution in [1.29, 1.82) is 0 Å². The van der Waals surface area contributed by atoms with Crippen molar-refractivity contribution in [3.63, 3.8) is 0 Å². The average molecular weight is 213 g/mol. The maximum atomic E-state index is 11.7. The minimum Gasteiger partial charge on any atom is -0.355 e. The predicted octanol–water partition coefficient (Wildman–Crippen LogP) is -0.539. The number of hydrogen-bond acceptors (Lipinski definition) is 3. The van der Waals surface area contributed by atoms with Gasteiger partial charge in [-0.05, 0) is 26.7 Å². The summed E-state index contributed by atoms with van der Waals surface area (Å²) in [6, 6.07) is -0.844. The summed E-state index contributed by atoms with van der Waals surface area (Å²) in [7, 11) is 0. The van der Waals surface area contributed by atoms with Gasteiger partial charge in [0, 0.05) is 13.1 Å². The fraction of sp³-hybridized carbons (Fsp3) is 0.800. The van der Waals surface area contributed by atoms with Crippen molar-refractivity contribution in [3.8, 4) is 0 Å². The highest BCUT2D eigenvalue weighted by atomic mass is 16.2. The second-order valence-corrected chi connectivity index (χ2v) is 3.87. The third-order valence-electron chi connectivity index (χ3n) is 2.58. The first-order valence-corrected chi connectivity index (χ1v) is 5.41. The highest BCUT2D eigenvalue weighted by Gasteiger charge is 2.34. The van der Waals surface area contributed by atoms with Crippen molar-refractivity contribution < 1.29 is 9.59 Å². The topological polar surface area (TPSA) is 75.4 Å². The Balaban J connectivity index is 2.64. The maximum Gasteiger partial charge on any atom is 0.242 e. The van der Waals surface area contributed by atoms with E-state index in [0.717, 1.165) is 12.8 Å². The third-order valence-corrected chi connectivity index (χ3v) is 2.58. The van der Waals surface area contributed by atoms with Gasteiger partial charge in [-0.15, -0.1) is 0 Å². The van der Waals surface area contributed by atoms with Crippen molar-refractivity contribution in [2.75, 3.05) is 13.1 Å². The van der Waals surface area contributed by atoms with Crippen molar-refractivity contribution in [2.24, 2.45) is 5.73 Å². The molecule has 5 nitrogen and oxygen atoms in total. The summed E-state index contributed by atoms with van der Waals surface area (Å²) in [4.78, 5) is 24.9. The summed E-state index contributed by atoms with van der Waals surface area (Å²) in [5.74, 6) is -0.201. The quantitative estimate of drug-likeness (QED) is 0.661. The minimum atomic E-state index is -0.528. The molecule has 5 heteroatoms. The molecular weight excluding hydrogens is 194 g/mol. The van der Waals surface area contributed by atoms with Gasteiger partial charge in [0.1, 0.15) is 6.04 Å². The first kappa shape index (κ1) is 12.0. The van der Waals surface area contributed by atoms with Crippen LogP contribution in [-0.4, -0.2) is 41.9 Å². The van der Waals surface area contributed by atoms with Gasteiger partial charge in [0.2, 0.25) is 11.8 Å². The number of nitrogens with two attached hydrogens (primary N) is 1. The van der Waals surface area contributed by atoms with E-state index in [1.807, 2.05) is 6.92 Å². The van der Waals surface area contributed by atoms with Crippen LogP contribution in [0.3, 0.4) is 0 Å². The Morgan fingerprint density at radius 3 is 2.80 bits per heavy atom. The normalized spacial score (nSPS) is 22.6. The second kappa shape index (κ2) is 5.11. The number of nitrogens with zero attached hydrogens (tertiary/aromatic N) is 1. The molecule has 0 aliphatic carbocycles. The van der Waals surface area contributed by atoms with Crippen molar-refractivity contribution in [1.82, 2.24) is 10.2 Å². The SMILES string of the molecule is CCNC(=O)[C@@H]1CCCN1C(=O)[C@H](C)N. The molecule has 1 saturated heterocycles. The fourth-order valence-corrected chi connectivity index (χ4v) is 1.86. The van der Waals surface area contributed by atoms with Gasteiger partial charge in [0.25, 0.3) is 0 Å². The predicted molar refractivity (Wildman–Crippen MR) is 57.1 cm³/mol. The van der Waals surface area contributed by atoms with Crippen molar-refractivity contribution in [3.05, 3.63) is 0 Å². The van der Waals surface area contributed by atoms with E-state index in [2.05, 4.69) is 5.32 Å². The molecule has 15 heavy (non-hydrogen) atoms. The number of carbonyl (C=O) groups excluding carboxylic acids is 2. The molecule has 1 aliphatic rings. The van der Waals surface area contributed by atoms with Crippen LogP contribution in [0.2, 0.25) is 0 Å². The molecule has 1 rings (SSSR count). The molecular formula is C10H19N3O2. The van der Waals surface area contributed by atoms with Crippen LogP contribution in [0.4, 0.5) is 0 Å². The lowest BCUT2D eigenvalue weighted by Crippen LogP contribution is -2.50. The zero-order valence-corrected chi connectivity index (χ0v) is 9.32. The van der Waals surface area contributed by atoms with E-state index < -0.39 is 6.04 Å². The molecule has 2 amide bonds. The zero-order chi connectivity index (χ0) is 11.4. The summed E-state index contributed by atoms with van der Waals surface area (Å²) in [5.41, 5.74) is 5.53. The Hall–Kier alpha value is -1.10. The molecule has 2 atom stereocenters. The molecule has 0 spiro atoms. The standard InChI is InChI=1S/C10H19N3O2/c1-3-12-9(14)8-5-4-6-13(8)10(15)7(2)11/h7-8H,3-6,11H2,1-2H3,(H,12,14)/t7-,8-/m0/s1. The van der Waals surface area contributed by atoms with E-state index in [1.165, 1.54) is 0 Å². The number of hydrogen-bond donors (Lipinski definition) is 2. The van der Waals surface area contributed by atoms with Gasteiger partial charge < -0.3 is 16.0 Å². The zero-order valence-electron chi connectivity index (χ0n) is 9.32. The van der Waals surface area contributed by atoms with Crippen LogP contribution in [0.25, 0.3) is 0 Å². The summed E-state index contributed by atoms with van der Waals surface area (Å²) in [6.45, 7) is 4.75. The fourth-order valence-electron chi connectivity index (χ4n) is 1.86. The van der Waals surface area contributed by atoms with E-state index >= 15 is 0 Å². The maximum absolute atomic E-state index is 11.7. The average Bonchev–Trinajstić information content (AvgIpc) is 2.65. The van der Waals surface area contributed by atoms with Crippen LogP contribution < -0.4 is 11.1 Å². The van der Waals surface area contributed by atoms with Crippen molar-refractivity contribution in [2.45, 2.75) is 38.8 Å². The monoisotopic (exact) mass is 213 g/mol. The largest absolute Gasteiger partial charge is 0.355 e. The molecule has 86 valence electrons. The molecule has 1 heterocycles. The van der Waals surface area contributed by atoms with Gasteiger partial charge in [-0.2, -0.15) is 0 Å². The number of likely N-dealkylation sites (tertiary alicyclic amines) is 1. The van der Waals surface area contributed by atoms with Crippen LogP contribution in [-0.2, 0) is 9.59 Å². The van der Waals surface area contributed by atoms with Crippen LogP contribution >= 0.6 is 0 Å². The number of rotatable bonds is 3. The first-order chi connectivity index (χ1) is 7.07. The molecule has 1 aliphatic heterocycles. The number of amides is 2. The first-order valence-electron chi connectivity index (χ1n) is 5.41. The lowest BCUT2D eigenvalue weighted by Gasteiger charge is -2.25. The summed E-state index contributed by atoms with van der Waals surface area (Å²) in [5, 5.41) is 2.74. The lowest BCUT2D eigenvalue weighted by molar-refractivity contribution is -0.139. The van der Waals surface area contributed by atoms with Crippen LogP contribution in [0.5, 0.6) is 0 Å². The van der Waals surface area contributed by atoms with E-state index in [4.69, 9.17) is 5.73 Å². The Morgan fingerprint density at radius 2 is 2.27 bits per heavy atom. The smallest absolute Gasteiger partial charge is 0.242 e. The van der Waals surface area contributed by atoms with Crippen LogP contribution in [0.1, 0.15) is 26.7 Å². The van der Waals surface area contributed by atoms with Gasteiger partial charge in [-0.1, -0.05) is 0 Å². The number of nitrogens with one attached hydrogen (secondary N) is 1. The summed E-state index contributed by atoms with van der Waals surface area (Å²) in [6.07, 6.45) is 1.62. The number of likely N-dealkylation sites (N-methyl/N-ethyl adjacent to an activating group) is 1. The molecule has 0 aromatic carbocycles. The van der Waals surface area contributed by atoms with Crippen LogP contribution in [0, 0.1) is 0 Å². The van der Waals surface area contributed by atoms with Crippen LogP contribution in [0.15, 0.2) is 0 Å². The Kier molecular flexibility index (Phi) is 4.08. The molecule has 0 aromatic rings. The van der Waals surface area contributed by atoms with Gasteiger partial charge in [-0.3, -0.25) is 9.59 Å². The Labute approximate surface area is 90.0 Å². The van der Waals surface area contributed by atoms with E-state index in [9.17, 15) is 9.59 Å². The Bertz CT molecular complexity index is 253. The highest BCUT2D eigenvalue weighted by Crippen LogP contribution is 2.17. The summed E-state index contributed by atoms with van der Waals surface area (Å²) >= 11 is 0. The van der Waals surface area contributed by atoms with Crippen molar-refractivity contribution >= 4 is 11.8 Å². The number of carbonyl (C=O) groups is 2. The molecule has 0 radical (unpaired) electrons. The minimum absolute atomic E-state index is 0.0657. The van der Waals surface area contributed by atoms with E-state index in [0.29, 0.717) is 13.1 Å². The second-order valence-electron chi connectivity index (χ2n) is 3.87. The van der Waals surface area contributed by atoms with Gasteiger partial charge in [0.15, 0.2) is 0 Å². The van der Waals surface area contributed by atoms with Gasteiger partial charge >= 0.3 is 0 Å². The van der Waals surface area contributed by atoms with E-state index in [-0.39, 0.29) is 17.9 Å². The molecule has 1 fully saturated rings. The molecule has 0 saturated carbocycles. The molecule has 0 unspecified atom stereocenters. The third kappa shape index (κ3) is 2.68. The van der Waals surface area contributed by atoms with Gasteiger partial charge in [-0.25, -0.2) is 0 Å². The Morgan fingerprint density at radius 1 is 1.60 bits per heavy atom. The lowest BCUT2D eigenvalue weighted by atomic mass is 10.2. The highest BCUT2D eigenvalue weighted by molar-refractivity contribution is 5.90.